The first kappa shape index (κ1) is 13.4. The summed E-state index contributed by atoms with van der Waals surface area (Å²) in [5.41, 5.74) is 5.87. The molecule has 2 heterocycles. The summed E-state index contributed by atoms with van der Waals surface area (Å²) in [6.07, 6.45) is 1.39. The van der Waals surface area contributed by atoms with Gasteiger partial charge in [0.25, 0.3) is 5.91 Å². The van der Waals surface area contributed by atoms with Gasteiger partial charge >= 0.3 is 0 Å². The zero-order chi connectivity index (χ0) is 13.8. The summed E-state index contributed by atoms with van der Waals surface area (Å²) in [5, 5.41) is 9.17. The monoisotopic (exact) mass is 265 g/mol. The summed E-state index contributed by atoms with van der Waals surface area (Å²) in [4.78, 5) is 25.5. The Morgan fingerprint density at radius 3 is 2.74 bits per heavy atom. The molecule has 0 aliphatic carbocycles. The molecule has 0 bridgehead atoms. The van der Waals surface area contributed by atoms with E-state index in [0.29, 0.717) is 44.0 Å². The molecular formula is C12H19N5O2. The van der Waals surface area contributed by atoms with E-state index in [1.165, 1.54) is 6.07 Å². The number of anilines is 1. The van der Waals surface area contributed by atoms with Crippen molar-refractivity contribution in [3.8, 4) is 0 Å². The predicted molar refractivity (Wildman–Crippen MR) is 70.3 cm³/mol. The molecule has 1 aliphatic rings. The molecule has 1 fully saturated rings. The van der Waals surface area contributed by atoms with E-state index in [9.17, 15) is 9.59 Å². The van der Waals surface area contributed by atoms with Crippen LogP contribution >= 0.6 is 0 Å². The number of aromatic amines is 1. The fourth-order valence-electron chi connectivity index (χ4n) is 2.28. The Labute approximate surface area is 111 Å². The molecule has 1 saturated heterocycles. The fourth-order valence-corrected chi connectivity index (χ4v) is 2.28. The van der Waals surface area contributed by atoms with Crippen LogP contribution in [0.25, 0.3) is 0 Å². The normalized spacial score (nSPS) is 16.4. The fraction of sp³-hybridized carbons (Fsp3) is 0.583. The number of rotatable bonds is 3. The van der Waals surface area contributed by atoms with Crippen molar-refractivity contribution in [2.24, 2.45) is 5.92 Å². The number of nitrogens with one attached hydrogen (secondary N) is 2. The van der Waals surface area contributed by atoms with Crippen LogP contribution < -0.4 is 11.1 Å². The Balaban J connectivity index is 1.89. The van der Waals surface area contributed by atoms with Crippen LogP contribution in [0.5, 0.6) is 0 Å². The summed E-state index contributed by atoms with van der Waals surface area (Å²) < 4.78 is 0. The number of hydrogen-bond acceptors (Lipinski definition) is 4. The third-order valence-electron chi connectivity index (χ3n) is 3.33. The minimum atomic E-state index is -0.112. The van der Waals surface area contributed by atoms with Gasteiger partial charge in [-0.05, 0) is 19.8 Å². The summed E-state index contributed by atoms with van der Waals surface area (Å²) in [5.74, 6) is 0.287. The molecule has 0 saturated carbocycles. The van der Waals surface area contributed by atoms with Crippen molar-refractivity contribution in [2.75, 3.05) is 25.4 Å². The summed E-state index contributed by atoms with van der Waals surface area (Å²) in [7, 11) is 0. The van der Waals surface area contributed by atoms with Crippen molar-refractivity contribution in [1.29, 1.82) is 0 Å². The minimum Gasteiger partial charge on any atom is -0.382 e. The lowest BCUT2D eigenvalue weighted by atomic mass is 9.95. The van der Waals surface area contributed by atoms with Crippen LogP contribution in [0.2, 0.25) is 0 Å². The van der Waals surface area contributed by atoms with E-state index in [4.69, 9.17) is 5.73 Å². The summed E-state index contributed by atoms with van der Waals surface area (Å²) in [6, 6.07) is 1.53. The largest absolute Gasteiger partial charge is 0.382 e. The Morgan fingerprint density at radius 2 is 2.21 bits per heavy atom. The number of nitrogens with zero attached hydrogens (tertiary/aromatic N) is 2. The van der Waals surface area contributed by atoms with Gasteiger partial charge in [0.2, 0.25) is 5.91 Å². The maximum atomic E-state index is 12.1. The quantitative estimate of drug-likeness (QED) is 0.714. The Morgan fingerprint density at radius 1 is 1.53 bits per heavy atom. The number of hydrogen-bond donors (Lipinski definition) is 3. The van der Waals surface area contributed by atoms with E-state index in [1.54, 1.807) is 4.90 Å². The molecule has 1 aromatic heterocycles. The summed E-state index contributed by atoms with van der Waals surface area (Å²) >= 11 is 0. The van der Waals surface area contributed by atoms with Crippen LogP contribution in [-0.4, -0.2) is 46.5 Å². The number of aromatic nitrogens is 2. The highest BCUT2D eigenvalue weighted by atomic mass is 16.2. The molecule has 7 heteroatoms. The molecule has 19 heavy (non-hydrogen) atoms. The van der Waals surface area contributed by atoms with Crippen molar-refractivity contribution in [2.45, 2.75) is 19.8 Å². The number of nitrogen functional groups attached to an aromatic ring is 1. The second kappa shape index (κ2) is 5.73. The van der Waals surface area contributed by atoms with E-state index < -0.39 is 0 Å². The van der Waals surface area contributed by atoms with Crippen molar-refractivity contribution < 1.29 is 9.59 Å². The van der Waals surface area contributed by atoms with Gasteiger partial charge in [0.05, 0.1) is 0 Å². The maximum absolute atomic E-state index is 12.1. The van der Waals surface area contributed by atoms with Crippen molar-refractivity contribution >= 4 is 17.6 Å². The average Bonchev–Trinajstić information content (AvgIpc) is 2.85. The molecule has 0 radical (unpaired) electrons. The van der Waals surface area contributed by atoms with Gasteiger partial charge in [-0.2, -0.15) is 5.10 Å². The van der Waals surface area contributed by atoms with Gasteiger partial charge in [0, 0.05) is 31.6 Å². The zero-order valence-corrected chi connectivity index (χ0v) is 11.0. The van der Waals surface area contributed by atoms with Crippen molar-refractivity contribution in [3.05, 3.63) is 11.8 Å². The van der Waals surface area contributed by atoms with Crippen LogP contribution in [0.15, 0.2) is 6.07 Å². The summed E-state index contributed by atoms with van der Waals surface area (Å²) in [6.45, 7) is 3.71. The predicted octanol–water partition coefficient (Wildman–Crippen LogP) is -0.0198. The van der Waals surface area contributed by atoms with Crippen LogP contribution in [0, 0.1) is 5.92 Å². The van der Waals surface area contributed by atoms with Gasteiger partial charge in [0.1, 0.15) is 11.5 Å². The molecule has 0 unspecified atom stereocenters. The van der Waals surface area contributed by atoms with Crippen LogP contribution in [0.3, 0.4) is 0 Å². The van der Waals surface area contributed by atoms with Gasteiger partial charge in [-0.25, -0.2) is 0 Å². The Kier molecular flexibility index (Phi) is 4.03. The van der Waals surface area contributed by atoms with Crippen LogP contribution in [0.1, 0.15) is 30.3 Å². The molecule has 0 aromatic carbocycles. The molecule has 0 atom stereocenters. The zero-order valence-electron chi connectivity index (χ0n) is 11.0. The number of nitrogens with two attached hydrogens (primary N) is 1. The molecule has 1 aromatic rings. The molecule has 2 amide bonds. The average molecular weight is 265 g/mol. The van der Waals surface area contributed by atoms with Gasteiger partial charge in [-0.1, -0.05) is 0 Å². The third kappa shape index (κ3) is 3.04. The second-order valence-electron chi connectivity index (χ2n) is 4.67. The number of H-pyrrole nitrogens is 1. The lowest BCUT2D eigenvalue weighted by Gasteiger charge is -2.30. The lowest BCUT2D eigenvalue weighted by Crippen LogP contribution is -2.43. The number of piperidine rings is 1. The highest BCUT2D eigenvalue weighted by molar-refractivity contribution is 5.93. The van der Waals surface area contributed by atoms with E-state index in [1.807, 2.05) is 6.92 Å². The number of carbonyl (C=O) groups is 2. The smallest absolute Gasteiger partial charge is 0.271 e. The van der Waals surface area contributed by atoms with Gasteiger partial charge < -0.3 is 16.0 Å². The highest BCUT2D eigenvalue weighted by Crippen LogP contribution is 2.19. The lowest BCUT2D eigenvalue weighted by molar-refractivity contribution is -0.126. The van der Waals surface area contributed by atoms with E-state index in [2.05, 4.69) is 15.5 Å². The van der Waals surface area contributed by atoms with E-state index in [-0.39, 0.29) is 17.7 Å². The topological polar surface area (TPSA) is 104 Å². The number of amides is 2. The number of likely N-dealkylation sites (tertiary alicyclic amines) is 1. The minimum absolute atomic E-state index is 0.0100. The molecular weight excluding hydrogens is 246 g/mol. The first-order valence-corrected chi connectivity index (χ1v) is 6.49. The highest BCUT2D eigenvalue weighted by Gasteiger charge is 2.28. The van der Waals surface area contributed by atoms with Gasteiger partial charge in [-0.3, -0.25) is 14.7 Å². The van der Waals surface area contributed by atoms with E-state index in [0.717, 1.165) is 0 Å². The van der Waals surface area contributed by atoms with E-state index >= 15 is 0 Å². The Hall–Kier alpha value is -2.05. The van der Waals surface area contributed by atoms with Gasteiger partial charge in [0.15, 0.2) is 0 Å². The molecule has 0 spiro atoms. The van der Waals surface area contributed by atoms with Crippen LogP contribution in [0.4, 0.5) is 5.82 Å². The first-order valence-electron chi connectivity index (χ1n) is 6.49. The second-order valence-corrected chi connectivity index (χ2v) is 4.67. The van der Waals surface area contributed by atoms with Crippen LogP contribution in [-0.2, 0) is 4.79 Å². The SMILES string of the molecule is CCNC(=O)C1CCN(C(=O)c2cc(N)n[nH]2)CC1. The van der Waals surface area contributed by atoms with Crippen molar-refractivity contribution in [3.63, 3.8) is 0 Å². The molecule has 104 valence electrons. The molecule has 4 N–H and O–H groups in total. The first-order chi connectivity index (χ1) is 9.11. The molecule has 2 rings (SSSR count). The molecule has 1 aliphatic heterocycles. The van der Waals surface area contributed by atoms with Gasteiger partial charge in [-0.15, -0.1) is 0 Å². The number of carbonyl (C=O) groups excluding carboxylic acids is 2. The third-order valence-corrected chi connectivity index (χ3v) is 3.33. The standard InChI is InChI=1S/C12H19N5O2/c1-2-14-11(18)8-3-5-17(6-4-8)12(19)9-7-10(13)16-15-9/h7-8H,2-6H2,1H3,(H,14,18)(H3,13,15,16). The Bertz CT molecular complexity index is 462. The van der Waals surface area contributed by atoms with Crippen molar-refractivity contribution in [1.82, 2.24) is 20.4 Å². The molecule has 7 nitrogen and oxygen atoms in total. The maximum Gasteiger partial charge on any atom is 0.271 e.